The number of rotatable bonds is 1. The Labute approximate surface area is 63.0 Å². The van der Waals surface area contributed by atoms with Gasteiger partial charge in [-0.05, 0) is 6.07 Å². The lowest BCUT2D eigenvalue weighted by molar-refractivity contribution is 0.520. The van der Waals surface area contributed by atoms with E-state index in [1.807, 2.05) is 0 Å². The summed E-state index contributed by atoms with van der Waals surface area (Å²) in [5, 5.41) is -0.301. The number of hydrogen-bond donors (Lipinski definition) is 0. The molecule has 4 nitrogen and oxygen atoms in total. The maximum atomic E-state index is 12.2. The van der Waals surface area contributed by atoms with Crippen LogP contribution >= 0.6 is 0 Å². The van der Waals surface area contributed by atoms with Crippen LogP contribution in [0.4, 0.5) is 4.39 Å². The zero-order valence-electron chi connectivity index (χ0n) is 5.65. The number of aromatic nitrogens is 2. The largest absolute Gasteiger partial charge is 0.309 e. The Morgan fingerprint density at radius 1 is 1.55 bits per heavy atom. The monoisotopic (exact) mass is 176 g/mol. The van der Waals surface area contributed by atoms with E-state index in [0.717, 1.165) is 18.5 Å². The summed E-state index contributed by atoms with van der Waals surface area (Å²) in [4.78, 5) is 6.19. The lowest BCUT2D eigenvalue weighted by Gasteiger charge is -1.93. The van der Waals surface area contributed by atoms with Gasteiger partial charge in [0.25, 0.3) is 0 Å². The molecule has 0 spiro atoms. The van der Waals surface area contributed by atoms with Gasteiger partial charge in [0.2, 0.25) is 0 Å². The zero-order chi connectivity index (χ0) is 8.48. The average Bonchev–Trinajstić information content (AvgIpc) is 1.86. The molecule has 0 saturated carbocycles. The van der Waals surface area contributed by atoms with Gasteiger partial charge >= 0.3 is 6.08 Å². The van der Waals surface area contributed by atoms with E-state index >= 15 is 0 Å². The minimum atomic E-state index is -3.42. The molecular formula is C5H5FN2O2S. The Kier molecular flexibility index (Phi) is 1.86. The lowest BCUT2D eigenvalue weighted by Crippen LogP contribution is -2.02. The smallest absolute Gasteiger partial charge is 0.222 e. The molecule has 0 unspecified atom stereocenters. The van der Waals surface area contributed by atoms with Crippen LogP contribution in [0.2, 0.25) is 0 Å². The summed E-state index contributed by atoms with van der Waals surface area (Å²) in [5.41, 5.74) is 0. The van der Waals surface area contributed by atoms with Gasteiger partial charge in [-0.15, -0.1) is 0 Å². The van der Waals surface area contributed by atoms with Crippen molar-refractivity contribution in [3.05, 3.63) is 18.3 Å². The van der Waals surface area contributed by atoms with Crippen molar-refractivity contribution in [1.29, 1.82) is 0 Å². The molecule has 0 amide bonds. The van der Waals surface area contributed by atoms with Crippen molar-refractivity contribution in [3.8, 4) is 0 Å². The van der Waals surface area contributed by atoms with Crippen molar-refractivity contribution >= 4 is 9.84 Å². The highest BCUT2D eigenvalue weighted by Gasteiger charge is 2.08. The van der Waals surface area contributed by atoms with Crippen LogP contribution in [-0.4, -0.2) is 24.6 Å². The van der Waals surface area contributed by atoms with Gasteiger partial charge in [0.1, 0.15) is 0 Å². The summed E-state index contributed by atoms with van der Waals surface area (Å²) in [7, 11) is -3.42. The molecule has 0 bridgehead atoms. The molecule has 1 aromatic heterocycles. The average molecular weight is 176 g/mol. The van der Waals surface area contributed by atoms with E-state index in [0.29, 0.717) is 0 Å². The van der Waals surface area contributed by atoms with Gasteiger partial charge in [0, 0.05) is 12.5 Å². The first-order chi connectivity index (χ1) is 5.00. The van der Waals surface area contributed by atoms with Crippen LogP contribution in [0, 0.1) is 6.08 Å². The van der Waals surface area contributed by atoms with Crippen molar-refractivity contribution in [2.24, 2.45) is 0 Å². The molecule has 0 radical (unpaired) electrons. The topological polar surface area (TPSA) is 59.9 Å². The van der Waals surface area contributed by atoms with Gasteiger partial charge in [0.15, 0.2) is 14.9 Å². The number of sulfone groups is 1. The second kappa shape index (κ2) is 2.54. The van der Waals surface area contributed by atoms with Crippen molar-refractivity contribution in [3.63, 3.8) is 0 Å². The molecule has 0 N–H and O–H groups in total. The van der Waals surface area contributed by atoms with Crippen molar-refractivity contribution < 1.29 is 12.8 Å². The third-order valence-corrected chi connectivity index (χ3v) is 1.97. The highest BCUT2D eigenvalue weighted by Crippen LogP contribution is 2.02. The normalized spacial score (nSPS) is 11.5. The van der Waals surface area contributed by atoms with Crippen LogP contribution in [0.5, 0.6) is 0 Å². The Bertz CT molecular complexity index is 363. The molecule has 1 aromatic rings. The maximum absolute atomic E-state index is 12.2. The minimum absolute atomic E-state index is 0.301. The highest BCUT2D eigenvalue weighted by atomic mass is 32.2. The van der Waals surface area contributed by atoms with Crippen LogP contribution in [-0.2, 0) is 9.84 Å². The van der Waals surface area contributed by atoms with Crippen LogP contribution in [0.25, 0.3) is 0 Å². The first-order valence-electron chi connectivity index (χ1n) is 2.69. The fraction of sp³-hybridized carbons (Fsp3) is 0.200. The molecule has 0 saturated heterocycles. The third kappa shape index (κ3) is 1.94. The fourth-order valence-corrected chi connectivity index (χ4v) is 1.08. The van der Waals surface area contributed by atoms with Gasteiger partial charge in [-0.25, -0.2) is 13.4 Å². The zero-order valence-corrected chi connectivity index (χ0v) is 6.47. The van der Waals surface area contributed by atoms with Crippen molar-refractivity contribution in [1.82, 2.24) is 9.97 Å². The molecule has 0 aliphatic rings. The molecule has 0 aliphatic heterocycles. The molecule has 60 valence electrons. The van der Waals surface area contributed by atoms with E-state index in [-0.39, 0.29) is 5.03 Å². The molecule has 1 rings (SSSR count). The molecule has 0 fully saturated rings. The van der Waals surface area contributed by atoms with Crippen molar-refractivity contribution in [2.45, 2.75) is 5.03 Å². The quantitative estimate of drug-likeness (QED) is 0.447. The Morgan fingerprint density at radius 3 is 2.55 bits per heavy atom. The standard InChI is InChI=1S/C5H5FN2O2S/c1-11(9,10)4-2-3-7-5(6)8-4/h2-3H,1H3. The first kappa shape index (κ1) is 8.06. The van der Waals surface area contributed by atoms with E-state index in [1.54, 1.807) is 0 Å². The summed E-state index contributed by atoms with van der Waals surface area (Å²) in [6, 6.07) is 1.14. The van der Waals surface area contributed by atoms with E-state index in [4.69, 9.17) is 0 Å². The summed E-state index contributed by atoms with van der Waals surface area (Å²) < 4.78 is 33.7. The Hall–Kier alpha value is -1.04. The molecule has 0 aliphatic carbocycles. The summed E-state index contributed by atoms with van der Waals surface area (Å²) >= 11 is 0. The molecule has 6 heteroatoms. The van der Waals surface area contributed by atoms with Gasteiger partial charge in [0.05, 0.1) is 0 Å². The highest BCUT2D eigenvalue weighted by molar-refractivity contribution is 7.90. The van der Waals surface area contributed by atoms with Crippen LogP contribution in [0.15, 0.2) is 17.3 Å². The molecule has 0 atom stereocenters. The fourth-order valence-electron chi connectivity index (χ4n) is 0.526. The van der Waals surface area contributed by atoms with Gasteiger partial charge in [-0.2, -0.15) is 9.37 Å². The molecular weight excluding hydrogens is 171 g/mol. The van der Waals surface area contributed by atoms with E-state index in [1.165, 1.54) is 0 Å². The predicted molar refractivity (Wildman–Crippen MR) is 35.1 cm³/mol. The number of hydrogen-bond acceptors (Lipinski definition) is 4. The van der Waals surface area contributed by atoms with Gasteiger partial charge in [-0.3, -0.25) is 0 Å². The molecule has 0 aromatic carbocycles. The predicted octanol–water partition coefficient (Wildman–Crippen LogP) is 0.0192. The summed E-state index contributed by atoms with van der Waals surface area (Å²) in [6.07, 6.45) is 0.973. The van der Waals surface area contributed by atoms with E-state index in [2.05, 4.69) is 9.97 Å². The summed E-state index contributed by atoms with van der Waals surface area (Å²) in [6.45, 7) is 0. The molecule has 1 heterocycles. The Morgan fingerprint density at radius 2 is 2.18 bits per heavy atom. The number of halogens is 1. The third-order valence-electron chi connectivity index (χ3n) is 0.981. The maximum Gasteiger partial charge on any atom is 0.309 e. The van der Waals surface area contributed by atoms with E-state index in [9.17, 15) is 12.8 Å². The second-order valence-corrected chi connectivity index (χ2v) is 3.90. The van der Waals surface area contributed by atoms with Gasteiger partial charge < -0.3 is 0 Å². The molecule has 11 heavy (non-hydrogen) atoms. The van der Waals surface area contributed by atoms with Crippen LogP contribution in [0.3, 0.4) is 0 Å². The van der Waals surface area contributed by atoms with Gasteiger partial charge in [-0.1, -0.05) is 0 Å². The summed E-state index contributed by atoms with van der Waals surface area (Å²) in [5.74, 6) is 0. The Balaban J connectivity index is 3.28. The van der Waals surface area contributed by atoms with Crippen LogP contribution in [0.1, 0.15) is 0 Å². The van der Waals surface area contributed by atoms with Crippen LogP contribution < -0.4 is 0 Å². The van der Waals surface area contributed by atoms with Crippen molar-refractivity contribution in [2.75, 3.05) is 6.26 Å². The SMILES string of the molecule is CS(=O)(=O)c1ccnc(F)n1. The lowest BCUT2D eigenvalue weighted by atomic mass is 10.7. The first-order valence-corrected chi connectivity index (χ1v) is 4.58. The minimum Gasteiger partial charge on any atom is -0.222 e. The van der Waals surface area contributed by atoms with E-state index < -0.39 is 15.9 Å². The number of nitrogens with zero attached hydrogens (tertiary/aromatic N) is 2. The second-order valence-electron chi connectivity index (χ2n) is 1.94.